The fraction of sp³-hybridized carbons (Fsp3) is 0.292. The SMILES string of the molecule is CCN1C(=O)C2(/C(=C(/O)c3ccc(OC)cc3)C(=O)C(=O)N2CCOC)c2ccccc21. The minimum Gasteiger partial charge on any atom is -0.507 e. The van der Waals surface area contributed by atoms with Crippen molar-refractivity contribution >= 4 is 29.0 Å². The molecule has 0 saturated carbocycles. The molecule has 2 aromatic rings. The number of aliphatic hydroxyl groups excluding tert-OH is 1. The van der Waals surface area contributed by atoms with E-state index in [4.69, 9.17) is 9.47 Å². The van der Waals surface area contributed by atoms with Gasteiger partial charge in [0, 0.05) is 31.3 Å². The molecule has 2 amide bonds. The number of Topliss-reactive ketones (excluding diaryl/α,β-unsaturated/α-hetero) is 1. The van der Waals surface area contributed by atoms with Crippen LogP contribution in [0.2, 0.25) is 0 Å². The number of benzene rings is 2. The van der Waals surface area contributed by atoms with Gasteiger partial charge in [-0.2, -0.15) is 0 Å². The van der Waals surface area contributed by atoms with E-state index >= 15 is 0 Å². The van der Waals surface area contributed by atoms with Crippen molar-refractivity contribution in [2.24, 2.45) is 0 Å². The molecule has 8 nitrogen and oxygen atoms in total. The van der Waals surface area contributed by atoms with Gasteiger partial charge < -0.3 is 24.4 Å². The molecule has 1 N–H and O–H groups in total. The molecule has 0 aromatic heterocycles. The number of aliphatic hydroxyl groups is 1. The topological polar surface area (TPSA) is 96.4 Å². The maximum absolute atomic E-state index is 13.9. The maximum Gasteiger partial charge on any atom is 0.296 e. The minimum absolute atomic E-state index is 0.0120. The van der Waals surface area contributed by atoms with Crippen molar-refractivity contribution in [3.05, 3.63) is 65.2 Å². The molecule has 1 unspecified atom stereocenters. The van der Waals surface area contributed by atoms with Crippen LogP contribution < -0.4 is 9.64 Å². The summed E-state index contributed by atoms with van der Waals surface area (Å²) in [5, 5.41) is 11.3. The largest absolute Gasteiger partial charge is 0.507 e. The molecule has 0 aliphatic carbocycles. The fourth-order valence-corrected chi connectivity index (χ4v) is 4.56. The summed E-state index contributed by atoms with van der Waals surface area (Å²) in [5.74, 6) is -2.05. The van der Waals surface area contributed by atoms with E-state index < -0.39 is 28.9 Å². The lowest BCUT2D eigenvalue weighted by molar-refractivity contribution is -0.144. The molecule has 0 bridgehead atoms. The van der Waals surface area contributed by atoms with Crippen LogP contribution in [0, 0.1) is 0 Å². The second kappa shape index (κ2) is 8.12. The van der Waals surface area contributed by atoms with Crippen molar-refractivity contribution in [2.45, 2.75) is 12.5 Å². The lowest BCUT2D eigenvalue weighted by atomic mass is 9.82. The van der Waals surface area contributed by atoms with Crippen LogP contribution in [0.3, 0.4) is 0 Å². The predicted octanol–water partition coefficient (Wildman–Crippen LogP) is 2.28. The summed E-state index contributed by atoms with van der Waals surface area (Å²) in [5.41, 5.74) is -0.613. The van der Waals surface area contributed by atoms with Crippen LogP contribution in [0.5, 0.6) is 5.75 Å². The number of likely N-dealkylation sites (tertiary alicyclic amines) is 1. The number of anilines is 1. The first-order valence-electron chi connectivity index (χ1n) is 10.3. The van der Waals surface area contributed by atoms with Crippen molar-refractivity contribution in [3.63, 3.8) is 0 Å². The van der Waals surface area contributed by atoms with Gasteiger partial charge in [0.1, 0.15) is 11.5 Å². The molecule has 4 rings (SSSR count). The van der Waals surface area contributed by atoms with E-state index in [-0.39, 0.29) is 18.7 Å². The molecular weight excluding hydrogens is 412 g/mol. The van der Waals surface area contributed by atoms with Crippen LogP contribution in [0.15, 0.2) is 54.1 Å². The molecule has 2 aliphatic heterocycles. The summed E-state index contributed by atoms with van der Waals surface area (Å²) in [6, 6.07) is 13.4. The number of methoxy groups -OCH3 is 2. The lowest BCUT2D eigenvalue weighted by Gasteiger charge is -2.34. The average Bonchev–Trinajstić information content (AvgIpc) is 3.20. The van der Waals surface area contributed by atoms with Crippen LogP contribution >= 0.6 is 0 Å². The Kier molecular flexibility index (Phi) is 5.48. The van der Waals surface area contributed by atoms with E-state index in [9.17, 15) is 19.5 Å². The van der Waals surface area contributed by atoms with Crippen molar-refractivity contribution in [3.8, 4) is 5.75 Å². The highest BCUT2D eigenvalue weighted by Crippen LogP contribution is 2.53. The smallest absolute Gasteiger partial charge is 0.296 e. The third-order valence-electron chi connectivity index (χ3n) is 6.01. The lowest BCUT2D eigenvalue weighted by Crippen LogP contribution is -2.52. The van der Waals surface area contributed by atoms with Gasteiger partial charge in [-0.1, -0.05) is 18.2 Å². The fourth-order valence-electron chi connectivity index (χ4n) is 4.56. The number of hydrogen-bond acceptors (Lipinski definition) is 6. The normalized spacial score (nSPS) is 21.5. The highest BCUT2D eigenvalue weighted by atomic mass is 16.5. The quantitative estimate of drug-likeness (QED) is 0.424. The summed E-state index contributed by atoms with van der Waals surface area (Å²) >= 11 is 0. The number of ether oxygens (including phenoxy) is 2. The highest BCUT2D eigenvalue weighted by molar-refractivity contribution is 6.50. The zero-order valence-electron chi connectivity index (χ0n) is 18.1. The standard InChI is InChI=1S/C24H24N2O6/c1-4-25-18-8-6-5-7-17(18)24(23(25)30)19(21(28)22(29)26(24)13-14-31-2)20(27)15-9-11-16(32-3)12-10-15/h5-12,27H,4,13-14H2,1-3H3/b20-19+. The van der Waals surface area contributed by atoms with Crippen molar-refractivity contribution in [1.82, 2.24) is 4.90 Å². The molecule has 166 valence electrons. The van der Waals surface area contributed by atoms with Gasteiger partial charge in [0.2, 0.25) is 0 Å². The number of carbonyl (C=O) groups is 3. The molecule has 2 heterocycles. The Bertz CT molecular complexity index is 1120. The third kappa shape index (κ3) is 2.83. The molecule has 1 atom stereocenters. The second-order valence-electron chi connectivity index (χ2n) is 7.51. The summed E-state index contributed by atoms with van der Waals surface area (Å²) < 4.78 is 10.3. The molecule has 2 aromatic carbocycles. The van der Waals surface area contributed by atoms with E-state index in [0.717, 1.165) is 0 Å². The first-order chi connectivity index (χ1) is 15.4. The number of fused-ring (bicyclic) bond motifs is 2. The van der Waals surface area contributed by atoms with Crippen LogP contribution in [0.1, 0.15) is 18.1 Å². The number of para-hydroxylation sites is 1. The van der Waals surface area contributed by atoms with E-state index in [1.165, 1.54) is 24.0 Å². The summed E-state index contributed by atoms with van der Waals surface area (Å²) in [6.07, 6.45) is 0. The number of nitrogens with zero attached hydrogens (tertiary/aromatic N) is 2. The Balaban J connectivity index is 2.03. The van der Waals surface area contributed by atoms with Crippen LogP contribution in [-0.2, 0) is 24.7 Å². The van der Waals surface area contributed by atoms with Gasteiger partial charge in [-0.05, 0) is 37.3 Å². The number of hydrogen-bond donors (Lipinski definition) is 1. The van der Waals surface area contributed by atoms with Gasteiger partial charge in [0.15, 0.2) is 5.54 Å². The van der Waals surface area contributed by atoms with E-state index in [1.807, 2.05) is 6.92 Å². The summed E-state index contributed by atoms with van der Waals surface area (Å²) in [4.78, 5) is 43.1. The first kappa shape index (κ1) is 21.6. The van der Waals surface area contributed by atoms with Crippen LogP contribution in [-0.4, -0.2) is 61.5 Å². The Morgan fingerprint density at radius 2 is 1.72 bits per heavy atom. The number of likely N-dealkylation sites (N-methyl/N-ethyl adjacent to an activating group) is 1. The molecule has 1 saturated heterocycles. The van der Waals surface area contributed by atoms with Gasteiger partial charge >= 0.3 is 0 Å². The van der Waals surface area contributed by atoms with Crippen molar-refractivity contribution in [2.75, 3.05) is 38.8 Å². The molecule has 2 aliphatic rings. The van der Waals surface area contributed by atoms with Gasteiger partial charge in [0.25, 0.3) is 17.6 Å². The molecule has 1 fully saturated rings. The monoisotopic (exact) mass is 436 g/mol. The molecule has 1 spiro atoms. The predicted molar refractivity (Wildman–Crippen MR) is 117 cm³/mol. The summed E-state index contributed by atoms with van der Waals surface area (Å²) in [7, 11) is 2.99. The Morgan fingerprint density at radius 3 is 2.34 bits per heavy atom. The Hall–Kier alpha value is -3.65. The summed E-state index contributed by atoms with van der Waals surface area (Å²) in [6.45, 7) is 2.30. The molecule has 0 radical (unpaired) electrons. The van der Waals surface area contributed by atoms with Crippen LogP contribution in [0.25, 0.3) is 5.76 Å². The number of rotatable bonds is 6. The Morgan fingerprint density at radius 1 is 1.03 bits per heavy atom. The highest BCUT2D eigenvalue weighted by Gasteiger charge is 2.66. The third-order valence-corrected chi connectivity index (χ3v) is 6.01. The van der Waals surface area contributed by atoms with Crippen molar-refractivity contribution < 1.29 is 29.0 Å². The van der Waals surface area contributed by atoms with Gasteiger partial charge in [0.05, 0.1) is 25.0 Å². The van der Waals surface area contributed by atoms with Gasteiger partial charge in [-0.25, -0.2) is 0 Å². The van der Waals surface area contributed by atoms with E-state index in [2.05, 4.69) is 0 Å². The molecular formula is C24H24N2O6. The van der Waals surface area contributed by atoms with Crippen molar-refractivity contribution in [1.29, 1.82) is 0 Å². The van der Waals surface area contributed by atoms with E-state index in [1.54, 1.807) is 48.5 Å². The zero-order valence-corrected chi connectivity index (χ0v) is 18.1. The maximum atomic E-state index is 13.9. The Labute approximate surface area is 185 Å². The minimum atomic E-state index is -1.76. The zero-order chi connectivity index (χ0) is 23.0. The van der Waals surface area contributed by atoms with Gasteiger partial charge in [-0.3, -0.25) is 14.4 Å². The average molecular weight is 436 g/mol. The second-order valence-corrected chi connectivity index (χ2v) is 7.51. The number of carbonyl (C=O) groups excluding carboxylic acids is 3. The molecule has 32 heavy (non-hydrogen) atoms. The number of amides is 2. The molecule has 8 heteroatoms. The number of ketones is 1. The first-order valence-corrected chi connectivity index (χ1v) is 10.3. The van der Waals surface area contributed by atoms with Gasteiger partial charge in [-0.15, -0.1) is 0 Å². The van der Waals surface area contributed by atoms with E-state index in [0.29, 0.717) is 29.1 Å². The van der Waals surface area contributed by atoms with Crippen LogP contribution in [0.4, 0.5) is 5.69 Å².